The molecule has 1 saturated heterocycles. The molecule has 1 fully saturated rings. The summed E-state index contributed by atoms with van der Waals surface area (Å²) in [6, 6.07) is 3.81. The van der Waals surface area contributed by atoms with Crippen LogP contribution < -0.4 is 10.6 Å². The van der Waals surface area contributed by atoms with Gasteiger partial charge in [-0.3, -0.25) is 4.79 Å². The molecule has 5 nitrogen and oxygen atoms in total. The van der Waals surface area contributed by atoms with Crippen molar-refractivity contribution < 1.29 is 4.79 Å². The zero-order chi connectivity index (χ0) is 11.5. The van der Waals surface area contributed by atoms with Crippen LogP contribution in [0.1, 0.15) is 5.56 Å². The molecule has 0 spiro atoms. The highest BCUT2D eigenvalue weighted by Crippen LogP contribution is 2.18. The van der Waals surface area contributed by atoms with Gasteiger partial charge in [-0.05, 0) is 6.07 Å². The third-order valence-electron chi connectivity index (χ3n) is 2.84. The van der Waals surface area contributed by atoms with Crippen molar-refractivity contribution in [3.05, 3.63) is 23.9 Å². The zero-order valence-electron chi connectivity index (χ0n) is 9.39. The first-order valence-corrected chi connectivity index (χ1v) is 5.35. The number of nitrogens with two attached hydrogens (primary N) is 1. The molecule has 0 saturated carbocycles. The highest BCUT2D eigenvalue weighted by Gasteiger charge is 2.23. The molecule has 0 aliphatic carbocycles. The lowest BCUT2D eigenvalue weighted by Gasteiger charge is -2.33. The number of carbonyl (C=O) groups is 1. The largest absolute Gasteiger partial charge is 0.345 e. The minimum atomic E-state index is 0.125. The van der Waals surface area contributed by atoms with Gasteiger partial charge < -0.3 is 15.5 Å². The van der Waals surface area contributed by atoms with E-state index in [4.69, 9.17) is 5.73 Å². The number of likely N-dealkylation sites (N-methyl/N-ethyl adjacent to an activating group) is 1. The molecule has 2 heterocycles. The van der Waals surface area contributed by atoms with Crippen LogP contribution in [0.3, 0.4) is 0 Å². The van der Waals surface area contributed by atoms with E-state index in [1.54, 1.807) is 11.1 Å². The average Bonchev–Trinajstić information content (AvgIpc) is 2.32. The average molecular weight is 220 g/mol. The van der Waals surface area contributed by atoms with Crippen molar-refractivity contribution in [3.63, 3.8) is 0 Å². The van der Waals surface area contributed by atoms with Gasteiger partial charge in [-0.25, -0.2) is 4.98 Å². The summed E-state index contributed by atoms with van der Waals surface area (Å²) in [5, 5.41) is 0. The summed E-state index contributed by atoms with van der Waals surface area (Å²) in [6.45, 7) is 2.38. The van der Waals surface area contributed by atoms with Gasteiger partial charge in [0.15, 0.2) is 0 Å². The Bertz CT molecular complexity index is 393. The number of pyridine rings is 1. The molecule has 0 bridgehead atoms. The Kier molecular flexibility index (Phi) is 3.05. The minimum absolute atomic E-state index is 0.125. The first-order chi connectivity index (χ1) is 7.72. The fraction of sp³-hybridized carbons (Fsp3) is 0.455. The number of nitrogens with zero attached hydrogens (tertiary/aromatic N) is 3. The van der Waals surface area contributed by atoms with Crippen molar-refractivity contribution in [2.24, 2.45) is 5.73 Å². The van der Waals surface area contributed by atoms with E-state index in [2.05, 4.69) is 4.98 Å². The molecule has 0 unspecified atom stereocenters. The van der Waals surface area contributed by atoms with Gasteiger partial charge in [0, 0.05) is 38.4 Å². The van der Waals surface area contributed by atoms with Gasteiger partial charge in [0.2, 0.25) is 5.91 Å². The fourth-order valence-corrected chi connectivity index (χ4v) is 1.81. The number of carbonyl (C=O) groups excluding carboxylic acids is 1. The summed E-state index contributed by atoms with van der Waals surface area (Å²) < 4.78 is 0. The maximum absolute atomic E-state index is 11.6. The lowest BCUT2D eigenvalue weighted by molar-refractivity contribution is -0.129. The summed E-state index contributed by atoms with van der Waals surface area (Å²) in [5.74, 6) is 0.964. The highest BCUT2D eigenvalue weighted by molar-refractivity contribution is 5.82. The van der Waals surface area contributed by atoms with Gasteiger partial charge in [0.1, 0.15) is 5.82 Å². The summed E-state index contributed by atoms with van der Waals surface area (Å²) in [5.41, 5.74) is 6.64. The standard InChI is InChI=1S/C11H16N4O/c1-14-5-6-15(8-10(14)16)11-9(7-12)3-2-4-13-11/h2-4H,5-8,12H2,1H3. The minimum Gasteiger partial charge on any atom is -0.345 e. The molecule has 2 rings (SSSR count). The van der Waals surface area contributed by atoms with Crippen LogP contribution in [0, 0.1) is 0 Å². The summed E-state index contributed by atoms with van der Waals surface area (Å²) in [4.78, 5) is 19.6. The van der Waals surface area contributed by atoms with Crippen molar-refractivity contribution in [1.29, 1.82) is 0 Å². The van der Waals surface area contributed by atoms with Crippen molar-refractivity contribution in [2.45, 2.75) is 6.54 Å². The molecule has 0 aromatic carbocycles. The summed E-state index contributed by atoms with van der Waals surface area (Å²) >= 11 is 0. The van der Waals surface area contributed by atoms with Crippen LogP contribution >= 0.6 is 0 Å². The topological polar surface area (TPSA) is 62.5 Å². The maximum Gasteiger partial charge on any atom is 0.241 e. The Morgan fingerprint density at radius 1 is 1.50 bits per heavy atom. The van der Waals surface area contributed by atoms with Crippen LogP contribution in [-0.4, -0.2) is 42.5 Å². The van der Waals surface area contributed by atoms with Crippen molar-refractivity contribution in [3.8, 4) is 0 Å². The van der Waals surface area contributed by atoms with E-state index in [0.717, 1.165) is 24.5 Å². The van der Waals surface area contributed by atoms with E-state index < -0.39 is 0 Å². The second-order valence-corrected chi connectivity index (χ2v) is 3.93. The Morgan fingerprint density at radius 2 is 2.31 bits per heavy atom. The number of piperazine rings is 1. The maximum atomic E-state index is 11.6. The fourth-order valence-electron chi connectivity index (χ4n) is 1.81. The molecule has 1 aromatic rings. The van der Waals surface area contributed by atoms with E-state index in [0.29, 0.717) is 13.1 Å². The van der Waals surface area contributed by atoms with Crippen molar-refractivity contribution in [2.75, 3.05) is 31.6 Å². The predicted octanol–water partition coefficient (Wildman–Crippen LogP) is -0.181. The van der Waals surface area contributed by atoms with Crippen molar-refractivity contribution >= 4 is 11.7 Å². The number of amides is 1. The third-order valence-corrected chi connectivity index (χ3v) is 2.84. The molecule has 0 radical (unpaired) electrons. The second-order valence-electron chi connectivity index (χ2n) is 3.93. The van der Waals surface area contributed by atoms with E-state index >= 15 is 0 Å². The molecule has 2 N–H and O–H groups in total. The lowest BCUT2D eigenvalue weighted by atomic mass is 10.2. The van der Waals surface area contributed by atoms with Crippen LogP contribution in [0.25, 0.3) is 0 Å². The van der Waals surface area contributed by atoms with E-state index in [1.165, 1.54) is 0 Å². The first kappa shape index (κ1) is 10.9. The smallest absolute Gasteiger partial charge is 0.241 e. The number of hydrogen-bond acceptors (Lipinski definition) is 4. The number of aromatic nitrogens is 1. The Morgan fingerprint density at radius 3 is 3.00 bits per heavy atom. The van der Waals surface area contributed by atoms with Crippen LogP contribution in [0.2, 0.25) is 0 Å². The van der Waals surface area contributed by atoms with Crippen LogP contribution in [-0.2, 0) is 11.3 Å². The van der Waals surface area contributed by atoms with Gasteiger partial charge in [-0.1, -0.05) is 6.07 Å². The molecule has 1 aliphatic rings. The summed E-state index contributed by atoms with van der Waals surface area (Å²) in [7, 11) is 1.82. The quantitative estimate of drug-likeness (QED) is 0.751. The van der Waals surface area contributed by atoms with Crippen LogP contribution in [0.4, 0.5) is 5.82 Å². The van der Waals surface area contributed by atoms with Gasteiger partial charge in [-0.2, -0.15) is 0 Å². The van der Waals surface area contributed by atoms with Gasteiger partial charge in [0.25, 0.3) is 0 Å². The lowest BCUT2D eigenvalue weighted by Crippen LogP contribution is -2.49. The molecular formula is C11H16N4O. The second kappa shape index (κ2) is 4.49. The van der Waals surface area contributed by atoms with Crippen LogP contribution in [0.5, 0.6) is 0 Å². The van der Waals surface area contributed by atoms with E-state index in [1.807, 2.05) is 24.1 Å². The van der Waals surface area contributed by atoms with Gasteiger partial charge in [0.05, 0.1) is 6.54 Å². The van der Waals surface area contributed by atoms with Gasteiger partial charge >= 0.3 is 0 Å². The molecule has 16 heavy (non-hydrogen) atoms. The normalized spacial score (nSPS) is 16.8. The Hall–Kier alpha value is -1.62. The van der Waals surface area contributed by atoms with Crippen LogP contribution in [0.15, 0.2) is 18.3 Å². The highest BCUT2D eigenvalue weighted by atomic mass is 16.2. The molecule has 1 aliphatic heterocycles. The molecule has 1 aromatic heterocycles. The SMILES string of the molecule is CN1CCN(c2ncccc2CN)CC1=O. The molecular weight excluding hydrogens is 204 g/mol. The zero-order valence-corrected chi connectivity index (χ0v) is 9.39. The van der Waals surface area contributed by atoms with Gasteiger partial charge in [-0.15, -0.1) is 0 Å². The first-order valence-electron chi connectivity index (χ1n) is 5.35. The number of rotatable bonds is 2. The van der Waals surface area contributed by atoms with Crippen molar-refractivity contribution in [1.82, 2.24) is 9.88 Å². The predicted molar refractivity (Wildman–Crippen MR) is 62.0 cm³/mol. The van der Waals surface area contributed by atoms with E-state index in [-0.39, 0.29) is 5.91 Å². The molecule has 0 atom stereocenters. The van der Waals surface area contributed by atoms with E-state index in [9.17, 15) is 4.79 Å². The summed E-state index contributed by atoms with van der Waals surface area (Å²) in [6.07, 6.45) is 1.73. The Labute approximate surface area is 94.9 Å². The number of hydrogen-bond donors (Lipinski definition) is 1. The Balaban J connectivity index is 2.21. The molecule has 86 valence electrons. The monoisotopic (exact) mass is 220 g/mol. The third kappa shape index (κ3) is 1.99. The molecule has 1 amide bonds. The number of anilines is 1. The molecule has 5 heteroatoms.